The summed E-state index contributed by atoms with van der Waals surface area (Å²) >= 11 is 11.8. The summed E-state index contributed by atoms with van der Waals surface area (Å²) in [6, 6.07) is 13.5. The van der Waals surface area contributed by atoms with E-state index in [4.69, 9.17) is 32.7 Å². The van der Waals surface area contributed by atoms with Gasteiger partial charge in [-0.25, -0.2) is 4.79 Å². The third kappa shape index (κ3) is 5.66. The number of esters is 1. The molecule has 132 valence electrons. The second-order valence-corrected chi connectivity index (χ2v) is 6.11. The van der Waals surface area contributed by atoms with Crippen molar-refractivity contribution in [2.24, 2.45) is 0 Å². The monoisotopic (exact) mass is 381 g/mol. The van der Waals surface area contributed by atoms with Gasteiger partial charge < -0.3 is 14.8 Å². The largest absolute Gasteiger partial charge is 0.479 e. The fourth-order valence-corrected chi connectivity index (χ4v) is 2.36. The Bertz CT molecular complexity index is 752. The van der Waals surface area contributed by atoms with Gasteiger partial charge in [0.2, 0.25) is 0 Å². The number of hydrogen-bond acceptors (Lipinski definition) is 4. The van der Waals surface area contributed by atoms with Crippen LogP contribution in [0.5, 0.6) is 5.75 Å². The maximum absolute atomic E-state index is 12.1. The number of nitrogens with one attached hydrogen (secondary N) is 1. The predicted octanol–water partition coefficient (Wildman–Crippen LogP) is 4.33. The van der Waals surface area contributed by atoms with Crippen LogP contribution < -0.4 is 10.1 Å². The molecule has 0 aliphatic carbocycles. The first-order valence-electron chi connectivity index (χ1n) is 7.55. The number of halogens is 2. The van der Waals surface area contributed by atoms with Gasteiger partial charge in [0.05, 0.1) is 10.7 Å². The molecule has 2 aromatic rings. The van der Waals surface area contributed by atoms with Crippen molar-refractivity contribution in [3.8, 4) is 5.75 Å². The Morgan fingerprint density at radius 1 is 1.00 bits per heavy atom. The van der Waals surface area contributed by atoms with Crippen molar-refractivity contribution >= 4 is 40.8 Å². The molecular weight excluding hydrogens is 365 g/mol. The number of carbonyl (C=O) groups excluding carboxylic acids is 2. The van der Waals surface area contributed by atoms with Crippen molar-refractivity contribution in [2.75, 3.05) is 5.32 Å². The lowest BCUT2D eigenvalue weighted by Gasteiger charge is -2.18. The van der Waals surface area contributed by atoms with Gasteiger partial charge in [-0.15, -0.1) is 0 Å². The number of ether oxygens (including phenoxy) is 2. The van der Waals surface area contributed by atoms with Gasteiger partial charge in [0.1, 0.15) is 5.75 Å². The zero-order valence-corrected chi connectivity index (χ0v) is 15.2. The van der Waals surface area contributed by atoms with E-state index in [0.29, 0.717) is 21.5 Å². The van der Waals surface area contributed by atoms with Crippen LogP contribution in [0.2, 0.25) is 10.0 Å². The van der Waals surface area contributed by atoms with Gasteiger partial charge in [-0.3, -0.25) is 4.79 Å². The summed E-state index contributed by atoms with van der Waals surface area (Å²) in [7, 11) is 0. The predicted molar refractivity (Wildman–Crippen MR) is 97.2 cm³/mol. The summed E-state index contributed by atoms with van der Waals surface area (Å²) in [5.41, 5.74) is 0.382. The second kappa shape index (κ2) is 8.74. The molecule has 1 amide bonds. The summed E-state index contributed by atoms with van der Waals surface area (Å²) in [4.78, 5) is 24.2. The Hall–Kier alpha value is -2.24. The number of amides is 1. The van der Waals surface area contributed by atoms with Gasteiger partial charge in [-0.1, -0.05) is 41.4 Å². The molecular formula is C18H17Cl2NO4. The van der Waals surface area contributed by atoms with E-state index in [-0.39, 0.29) is 0 Å². The Morgan fingerprint density at radius 2 is 1.68 bits per heavy atom. The number of anilines is 1. The molecule has 0 unspecified atom stereocenters. The molecule has 5 nitrogen and oxygen atoms in total. The number of para-hydroxylation sites is 1. The molecule has 7 heteroatoms. The Labute approximate surface area is 155 Å². The first kappa shape index (κ1) is 19.1. The lowest BCUT2D eigenvalue weighted by atomic mass is 10.3. The zero-order chi connectivity index (χ0) is 18.4. The zero-order valence-electron chi connectivity index (χ0n) is 13.7. The van der Waals surface area contributed by atoms with Crippen LogP contribution in [0.1, 0.15) is 13.8 Å². The minimum Gasteiger partial charge on any atom is -0.479 e. The van der Waals surface area contributed by atoms with Gasteiger partial charge >= 0.3 is 5.97 Å². The molecule has 0 aromatic heterocycles. The van der Waals surface area contributed by atoms with E-state index in [2.05, 4.69) is 5.32 Å². The lowest BCUT2D eigenvalue weighted by molar-refractivity contribution is -0.159. The second-order valence-electron chi connectivity index (χ2n) is 5.27. The first-order chi connectivity index (χ1) is 11.9. The van der Waals surface area contributed by atoms with Crippen molar-refractivity contribution < 1.29 is 19.1 Å². The molecule has 2 aromatic carbocycles. The quantitative estimate of drug-likeness (QED) is 0.756. The van der Waals surface area contributed by atoms with Crippen LogP contribution in [0, 0.1) is 0 Å². The van der Waals surface area contributed by atoms with Crippen LogP contribution in [-0.4, -0.2) is 24.1 Å². The average Bonchev–Trinajstić information content (AvgIpc) is 2.58. The number of benzene rings is 2. The Morgan fingerprint density at radius 3 is 2.32 bits per heavy atom. The summed E-state index contributed by atoms with van der Waals surface area (Å²) in [6.07, 6.45) is -1.86. The average molecular weight is 382 g/mol. The highest BCUT2D eigenvalue weighted by atomic mass is 35.5. The van der Waals surface area contributed by atoms with E-state index in [9.17, 15) is 9.59 Å². The summed E-state index contributed by atoms with van der Waals surface area (Å²) in [6.45, 7) is 3.02. The molecule has 0 saturated heterocycles. The van der Waals surface area contributed by atoms with Gasteiger partial charge in [0.25, 0.3) is 5.91 Å². The molecule has 25 heavy (non-hydrogen) atoms. The van der Waals surface area contributed by atoms with E-state index in [0.717, 1.165) is 0 Å². The first-order valence-corrected chi connectivity index (χ1v) is 8.30. The Balaban J connectivity index is 1.90. The maximum atomic E-state index is 12.1. The van der Waals surface area contributed by atoms with Gasteiger partial charge in [0, 0.05) is 5.02 Å². The van der Waals surface area contributed by atoms with Crippen molar-refractivity contribution in [2.45, 2.75) is 26.1 Å². The lowest BCUT2D eigenvalue weighted by Crippen LogP contribution is -2.35. The van der Waals surface area contributed by atoms with E-state index in [1.165, 1.54) is 13.0 Å². The van der Waals surface area contributed by atoms with E-state index in [1.54, 1.807) is 43.3 Å². The molecule has 0 saturated carbocycles. The van der Waals surface area contributed by atoms with Crippen molar-refractivity contribution in [1.29, 1.82) is 0 Å². The van der Waals surface area contributed by atoms with E-state index >= 15 is 0 Å². The summed E-state index contributed by atoms with van der Waals surface area (Å²) in [5, 5.41) is 3.33. The van der Waals surface area contributed by atoms with Crippen molar-refractivity contribution in [3.63, 3.8) is 0 Å². The van der Waals surface area contributed by atoms with Crippen LogP contribution in [0.4, 0.5) is 5.69 Å². The highest BCUT2D eigenvalue weighted by molar-refractivity contribution is 6.36. The summed E-state index contributed by atoms with van der Waals surface area (Å²) in [5.74, 6) is -0.616. The van der Waals surface area contributed by atoms with Gasteiger partial charge in [-0.05, 0) is 44.2 Å². The molecule has 2 rings (SSSR count). The number of rotatable bonds is 6. The van der Waals surface area contributed by atoms with Crippen LogP contribution >= 0.6 is 23.2 Å². The van der Waals surface area contributed by atoms with Crippen LogP contribution in [0.15, 0.2) is 48.5 Å². The summed E-state index contributed by atoms with van der Waals surface area (Å²) < 4.78 is 10.6. The van der Waals surface area contributed by atoms with Crippen LogP contribution in [0.3, 0.4) is 0 Å². The van der Waals surface area contributed by atoms with Crippen molar-refractivity contribution in [3.05, 3.63) is 58.6 Å². The molecule has 2 atom stereocenters. The standard InChI is InChI=1S/C18H17Cl2NO4/c1-11(17(22)21-16-9-8-13(19)10-15(16)20)25-18(23)12(2)24-14-6-4-3-5-7-14/h3-12H,1-2H3,(H,21,22)/t11-,12+/m0/s1. The smallest absolute Gasteiger partial charge is 0.347 e. The minimum atomic E-state index is -1.01. The normalized spacial score (nSPS) is 12.8. The molecule has 0 heterocycles. The number of carbonyl (C=O) groups is 2. The third-order valence-electron chi connectivity index (χ3n) is 3.24. The van der Waals surface area contributed by atoms with Gasteiger partial charge in [-0.2, -0.15) is 0 Å². The van der Waals surface area contributed by atoms with E-state index < -0.39 is 24.1 Å². The molecule has 0 spiro atoms. The molecule has 0 radical (unpaired) electrons. The molecule has 1 N–H and O–H groups in total. The topological polar surface area (TPSA) is 64.6 Å². The molecule has 0 bridgehead atoms. The number of hydrogen-bond donors (Lipinski definition) is 1. The maximum Gasteiger partial charge on any atom is 0.347 e. The highest BCUT2D eigenvalue weighted by Crippen LogP contribution is 2.25. The minimum absolute atomic E-state index is 0.292. The van der Waals surface area contributed by atoms with E-state index in [1.807, 2.05) is 6.07 Å². The van der Waals surface area contributed by atoms with Crippen molar-refractivity contribution in [1.82, 2.24) is 0 Å². The van der Waals surface area contributed by atoms with Crippen LogP contribution in [-0.2, 0) is 14.3 Å². The molecule has 0 aliphatic rings. The third-order valence-corrected chi connectivity index (χ3v) is 3.79. The van der Waals surface area contributed by atoms with Crippen LogP contribution in [0.25, 0.3) is 0 Å². The Kier molecular flexibility index (Phi) is 6.67. The fourth-order valence-electron chi connectivity index (χ4n) is 1.90. The highest BCUT2D eigenvalue weighted by Gasteiger charge is 2.23. The fraction of sp³-hybridized carbons (Fsp3) is 0.222. The van der Waals surface area contributed by atoms with Gasteiger partial charge in [0.15, 0.2) is 12.2 Å². The molecule has 0 aliphatic heterocycles. The molecule has 0 fully saturated rings. The SMILES string of the molecule is C[C@H](OC(=O)[C@@H](C)Oc1ccccc1)C(=O)Nc1ccc(Cl)cc1Cl.